The number of aryl methyl sites for hydroxylation is 1. The zero-order chi connectivity index (χ0) is 18.0. The highest BCUT2D eigenvalue weighted by molar-refractivity contribution is 5.74. The predicted molar refractivity (Wildman–Crippen MR) is 97.2 cm³/mol. The fourth-order valence-electron chi connectivity index (χ4n) is 2.39. The number of aromatic nitrogens is 4. The number of halogens is 1. The van der Waals surface area contributed by atoms with Gasteiger partial charge in [-0.1, -0.05) is 0 Å². The van der Waals surface area contributed by atoms with Crippen LogP contribution < -0.4 is 16.4 Å². The van der Waals surface area contributed by atoms with Gasteiger partial charge in [0.05, 0.1) is 11.9 Å². The number of hydrogen-bond donors (Lipinski definition) is 4. The number of nitrogen functional groups attached to an aromatic ring is 1. The zero-order valence-electron chi connectivity index (χ0n) is 14.3. The average molecular weight is 341 g/mol. The van der Waals surface area contributed by atoms with Gasteiger partial charge in [0.2, 0.25) is 0 Å². The van der Waals surface area contributed by atoms with Crippen LogP contribution in [-0.4, -0.2) is 26.2 Å². The van der Waals surface area contributed by atoms with E-state index < -0.39 is 0 Å². The Balaban J connectivity index is 1.88. The van der Waals surface area contributed by atoms with Crippen LogP contribution in [0.15, 0.2) is 30.5 Å². The molecule has 0 amide bonds. The van der Waals surface area contributed by atoms with E-state index in [1.807, 2.05) is 26.8 Å². The second-order valence-electron chi connectivity index (χ2n) is 6.04. The quantitative estimate of drug-likeness (QED) is 0.566. The summed E-state index contributed by atoms with van der Waals surface area (Å²) in [5, 5.41) is 13.0. The molecule has 0 aliphatic heterocycles. The first-order valence-corrected chi connectivity index (χ1v) is 7.90. The molecule has 0 bridgehead atoms. The Labute approximate surface area is 144 Å². The normalized spacial score (nSPS) is 10.9. The standard InChI is InChI=1S/C17H20FN7/c1-9(2)21-13-7-11(4-5-12(13)18)16-17(19)23-15(8-20-16)22-14-6-10(3)24-25-14/h4-9,21H,1-3H3,(H4,19,22,23,24,25). The molecule has 3 rings (SSSR count). The highest BCUT2D eigenvalue weighted by Crippen LogP contribution is 2.28. The van der Waals surface area contributed by atoms with E-state index in [4.69, 9.17) is 5.73 Å². The van der Waals surface area contributed by atoms with Crippen LogP contribution in [0.5, 0.6) is 0 Å². The van der Waals surface area contributed by atoms with Gasteiger partial charge in [0.15, 0.2) is 17.5 Å². The highest BCUT2D eigenvalue weighted by atomic mass is 19.1. The van der Waals surface area contributed by atoms with Crippen molar-refractivity contribution in [3.63, 3.8) is 0 Å². The van der Waals surface area contributed by atoms with Gasteiger partial charge < -0.3 is 16.4 Å². The van der Waals surface area contributed by atoms with Gasteiger partial charge in [-0.05, 0) is 39.0 Å². The number of aromatic amines is 1. The largest absolute Gasteiger partial charge is 0.382 e. The van der Waals surface area contributed by atoms with Crippen LogP contribution in [0.25, 0.3) is 11.3 Å². The summed E-state index contributed by atoms with van der Waals surface area (Å²) in [6.45, 7) is 5.79. The van der Waals surface area contributed by atoms with E-state index in [0.29, 0.717) is 28.6 Å². The van der Waals surface area contributed by atoms with Crippen LogP contribution in [0.2, 0.25) is 0 Å². The molecule has 0 unspecified atom stereocenters. The van der Waals surface area contributed by atoms with Crippen molar-refractivity contribution >= 4 is 23.1 Å². The van der Waals surface area contributed by atoms with Crippen LogP contribution >= 0.6 is 0 Å². The maximum absolute atomic E-state index is 13.9. The van der Waals surface area contributed by atoms with E-state index in [1.165, 1.54) is 6.07 Å². The van der Waals surface area contributed by atoms with Gasteiger partial charge in [0.1, 0.15) is 11.5 Å². The molecule has 0 saturated carbocycles. The van der Waals surface area contributed by atoms with Crippen LogP contribution in [0.4, 0.5) is 27.5 Å². The molecule has 25 heavy (non-hydrogen) atoms. The van der Waals surface area contributed by atoms with Gasteiger partial charge in [-0.25, -0.2) is 14.4 Å². The van der Waals surface area contributed by atoms with Crippen molar-refractivity contribution in [2.75, 3.05) is 16.4 Å². The van der Waals surface area contributed by atoms with Crippen molar-refractivity contribution in [3.8, 4) is 11.3 Å². The van der Waals surface area contributed by atoms with Gasteiger partial charge in [-0.2, -0.15) is 5.10 Å². The summed E-state index contributed by atoms with van der Waals surface area (Å²) in [6.07, 6.45) is 1.56. The molecule has 8 heteroatoms. The van der Waals surface area contributed by atoms with Crippen molar-refractivity contribution in [1.29, 1.82) is 0 Å². The second kappa shape index (κ2) is 6.76. The van der Waals surface area contributed by atoms with E-state index in [9.17, 15) is 4.39 Å². The molecule has 7 nitrogen and oxygen atoms in total. The fourth-order valence-corrected chi connectivity index (χ4v) is 2.39. The van der Waals surface area contributed by atoms with Gasteiger partial charge in [-0.3, -0.25) is 5.10 Å². The number of nitrogens with two attached hydrogens (primary N) is 1. The molecule has 0 aliphatic carbocycles. The van der Waals surface area contributed by atoms with Crippen molar-refractivity contribution in [2.45, 2.75) is 26.8 Å². The van der Waals surface area contributed by atoms with Gasteiger partial charge in [-0.15, -0.1) is 0 Å². The Hall–Kier alpha value is -3.16. The lowest BCUT2D eigenvalue weighted by atomic mass is 10.1. The zero-order valence-corrected chi connectivity index (χ0v) is 14.3. The molecule has 0 aliphatic rings. The minimum Gasteiger partial charge on any atom is -0.382 e. The first kappa shape index (κ1) is 16.7. The summed E-state index contributed by atoms with van der Waals surface area (Å²) >= 11 is 0. The molecule has 0 atom stereocenters. The number of rotatable bonds is 5. The smallest absolute Gasteiger partial charge is 0.153 e. The SMILES string of the molecule is Cc1cc(Nc2cnc(-c3ccc(F)c(NC(C)C)c3)c(N)n2)n[nH]1. The summed E-state index contributed by atoms with van der Waals surface area (Å²) in [5.74, 6) is 1.04. The lowest BCUT2D eigenvalue weighted by molar-refractivity contribution is 0.628. The molecule has 0 saturated heterocycles. The Morgan fingerprint density at radius 3 is 2.64 bits per heavy atom. The summed E-state index contributed by atoms with van der Waals surface area (Å²) in [7, 11) is 0. The maximum Gasteiger partial charge on any atom is 0.153 e. The molecule has 2 aromatic heterocycles. The van der Waals surface area contributed by atoms with E-state index in [1.54, 1.807) is 18.3 Å². The van der Waals surface area contributed by atoms with Crippen LogP contribution in [0, 0.1) is 12.7 Å². The van der Waals surface area contributed by atoms with E-state index >= 15 is 0 Å². The Morgan fingerprint density at radius 2 is 2.00 bits per heavy atom. The summed E-state index contributed by atoms with van der Waals surface area (Å²) in [5.41, 5.74) is 8.57. The minimum absolute atomic E-state index is 0.108. The molecule has 2 heterocycles. The monoisotopic (exact) mass is 341 g/mol. The molecule has 130 valence electrons. The lowest BCUT2D eigenvalue weighted by Gasteiger charge is -2.13. The first-order valence-electron chi connectivity index (χ1n) is 7.90. The molecule has 0 spiro atoms. The maximum atomic E-state index is 13.9. The number of benzene rings is 1. The molecular weight excluding hydrogens is 321 g/mol. The van der Waals surface area contributed by atoms with Crippen molar-refractivity contribution in [2.24, 2.45) is 0 Å². The summed E-state index contributed by atoms with van der Waals surface area (Å²) < 4.78 is 13.9. The lowest BCUT2D eigenvalue weighted by Crippen LogP contribution is -2.11. The van der Waals surface area contributed by atoms with E-state index in [-0.39, 0.29) is 17.7 Å². The van der Waals surface area contributed by atoms with Crippen molar-refractivity contribution in [1.82, 2.24) is 20.2 Å². The van der Waals surface area contributed by atoms with E-state index in [0.717, 1.165) is 5.69 Å². The summed E-state index contributed by atoms with van der Waals surface area (Å²) in [6, 6.07) is 6.65. The van der Waals surface area contributed by atoms with Crippen LogP contribution in [0.1, 0.15) is 19.5 Å². The van der Waals surface area contributed by atoms with Gasteiger partial charge in [0.25, 0.3) is 0 Å². The molecule has 5 N–H and O–H groups in total. The topological polar surface area (TPSA) is 105 Å². The number of nitrogens with zero attached hydrogens (tertiary/aromatic N) is 3. The predicted octanol–water partition coefficient (Wildman–Crippen LogP) is 3.46. The molecule has 3 aromatic rings. The van der Waals surface area contributed by atoms with Crippen molar-refractivity contribution < 1.29 is 4.39 Å². The number of nitrogens with one attached hydrogen (secondary N) is 3. The first-order chi connectivity index (χ1) is 11.9. The molecule has 0 fully saturated rings. The van der Waals surface area contributed by atoms with Crippen molar-refractivity contribution in [3.05, 3.63) is 42.0 Å². The molecule has 1 aromatic carbocycles. The average Bonchev–Trinajstić information content (AvgIpc) is 2.94. The minimum atomic E-state index is -0.323. The molecule has 0 radical (unpaired) electrons. The second-order valence-corrected chi connectivity index (χ2v) is 6.04. The third-order valence-corrected chi connectivity index (χ3v) is 3.45. The summed E-state index contributed by atoms with van der Waals surface area (Å²) in [4.78, 5) is 8.67. The number of hydrogen-bond acceptors (Lipinski definition) is 6. The highest BCUT2D eigenvalue weighted by Gasteiger charge is 2.12. The van der Waals surface area contributed by atoms with Gasteiger partial charge >= 0.3 is 0 Å². The van der Waals surface area contributed by atoms with Crippen LogP contribution in [0.3, 0.4) is 0 Å². The van der Waals surface area contributed by atoms with Gasteiger partial charge in [0, 0.05) is 23.4 Å². The Bertz CT molecular complexity index is 888. The third-order valence-electron chi connectivity index (χ3n) is 3.45. The Kier molecular flexibility index (Phi) is 4.51. The Morgan fingerprint density at radius 1 is 1.20 bits per heavy atom. The third kappa shape index (κ3) is 3.85. The van der Waals surface area contributed by atoms with Crippen LogP contribution in [-0.2, 0) is 0 Å². The van der Waals surface area contributed by atoms with E-state index in [2.05, 4.69) is 30.8 Å². The fraction of sp³-hybridized carbons (Fsp3) is 0.235. The number of anilines is 4. The molecular formula is C17H20FN7. The number of H-pyrrole nitrogens is 1.